The molecule has 0 bridgehead atoms. The van der Waals surface area contributed by atoms with Crippen LogP contribution in [0.1, 0.15) is 13.3 Å². The average Bonchev–Trinajstić information content (AvgIpc) is 2.38. The molecule has 18 heavy (non-hydrogen) atoms. The predicted molar refractivity (Wildman–Crippen MR) is 76.5 cm³/mol. The molecule has 3 nitrogen and oxygen atoms in total. The molecule has 0 amide bonds. The molecule has 0 heterocycles. The van der Waals surface area contributed by atoms with Gasteiger partial charge in [0.05, 0.1) is 12.1 Å². The van der Waals surface area contributed by atoms with Gasteiger partial charge in [-0.25, -0.2) is 0 Å². The van der Waals surface area contributed by atoms with Gasteiger partial charge in [0.1, 0.15) is 6.10 Å². The van der Waals surface area contributed by atoms with E-state index in [9.17, 15) is 0 Å². The van der Waals surface area contributed by atoms with E-state index >= 15 is 0 Å². The zero-order valence-corrected chi connectivity index (χ0v) is 12.0. The van der Waals surface area contributed by atoms with Crippen molar-refractivity contribution in [2.75, 3.05) is 25.3 Å². The lowest BCUT2D eigenvalue weighted by molar-refractivity contribution is -0.118. The Morgan fingerprint density at radius 2 is 2.28 bits per heavy atom. The van der Waals surface area contributed by atoms with E-state index in [1.807, 2.05) is 6.92 Å². The van der Waals surface area contributed by atoms with E-state index in [4.69, 9.17) is 9.47 Å². The lowest BCUT2D eigenvalue weighted by Gasteiger charge is -2.43. The highest BCUT2D eigenvalue weighted by molar-refractivity contribution is 7.98. The first-order chi connectivity index (χ1) is 8.78. The highest BCUT2D eigenvalue weighted by Gasteiger charge is 2.42. The van der Waals surface area contributed by atoms with Gasteiger partial charge in [0.2, 0.25) is 0 Å². The van der Waals surface area contributed by atoms with E-state index in [1.54, 1.807) is 18.9 Å². The molecule has 0 radical (unpaired) electrons. The summed E-state index contributed by atoms with van der Waals surface area (Å²) in [5, 5.41) is 3.52. The van der Waals surface area contributed by atoms with E-state index in [0.29, 0.717) is 6.04 Å². The number of hydrogen-bond donors (Lipinski definition) is 1. The van der Waals surface area contributed by atoms with Gasteiger partial charge in [-0.05, 0) is 37.8 Å². The van der Waals surface area contributed by atoms with Crippen molar-refractivity contribution in [2.24, 2.45) is 0 Å². The van der Waals surface area contributed by atoms with Gasteiger partial charge < -0.3 is 14.8 Å². The summed E-state index contributed by atoms with van der Waals surface area (Å²) >= 11 is 1.75. The third-order valence-electron chi connectivity index (χ3n) is 3.32. The van der Waals surface area contributed by atoms with Crippen LogP contribution >= 0.6 is 11.8 Å². The van der Waals surface area contributed by atoms with Crippen molar-refractivity contribution in [3.05, 3.63) is 24.3 Å². The van der Waals surface area contributed by atoms with Crippen LogP contribution in [0.25, 0.3) is 0 Å². The number of anilines is 1. The van der Waals surface area contributed by atoms with Crippen LogP contribution in [0.3, 0.4) is 0 Å². The van der Waals surface area contributed by atoms with E-state index in [2.05, 4.69) is 35.8 Å². The van der Waals surface area contributed by atoms with E-state index in [-0.39, 0.29) is 12.2 Å². The Balaban J connectivity index is 1.93. The first-order valence-electron chi connectivity index (χ1n) is 6.33. The minimum absolute atomic E-state index is 0.155. The van der Waals surface area contributed by atoms with E-state index in [1.165, 1.54) is 4.90 Å². The Kier molecular flexibility index (Phi) is 4.92. The molecule has 0 saturated heterocycles. The Labute approximate surface area is 113 Å². The maximum atomic E-state index is 5.63. The smallest absolute Gasteiger partial charge is 0.103 e. The lowest BCUT2D eigenvalue weighted by Crippen LogP contribution is -2.56. The second-order valence-corrected chi connectivity index (χ2v) is 5.29. The molecule has 100 valence electrons. The average molecular weight is 267 g/mol. The normalized spacial score (nSPS) is 26.7. The van der Waals surface area contributed by atoms with Gasteiger partial charge in [-0.1, -0.05) is 6.07 Å². The third kappa shape index (κ3) is 2.99. The summed E-state index contributed by atoms with van der Waals surface area (Å²) in [6.45, 7) is 2.77. The molecule has 0 aliphatic heterocycles. The van der Waals surface area contributed by atoms with Gasteiger partial charge in [0.25, 0.3) is 0 Å². The number of thioether (sulfide) groups is 1. The van der Waals surface area contributed by atoms with Gasteiger partial charge in [0.15, 0.2) is 0 Å². The Morgan fingerprint density at radius 3 is 2.94 bits per heavy atom. The first-order valence-corrected chi connectivity index (χ1v) is 7.56. The number of ether oxygens (including phenoxy) is 2. The summed E-state index contributed by atoms with van der Waals surface area (Å²) in [6.07, 6.45) is 3.49. The fourth-order valence-corrected chi connectivity index (χ4v) is 2.80. The zero-order chi connectivity index (χ0) is 13.0. The summed E-state index contributed by atoms with van der Waals surface area (Å²) in [5.41, 5.74) is 1.16. The maximum Gasteiger partial charge on any atom is 0.103 e. The van der Waals surface area contributed by atoms with Crippen molar-refractivity contribution < 1.29 is 9.47 Å². The molecule has 1 aliphatic carbocycles. The molecule has 1 fully saturated rings. The van der Waals surface area contributed by atoms with Gasteiger partial charge >= 0.3 is 0 Å². The summed E-state index contributed by atoms with van der Waals surface area (Å²) in [5.74, 6) is 0. The highest BCUT2D eigenvalue weighted by atomic mass is 32.2. The summed E-state index contributed by atoms with van der Waals surface area (Å²) in [6, 6.07) is 8.82. The zero-order valence-electron chi connectivity index (χ0n) is 11.2. The predicted octanol–water partition coefficient (Wildman–Crippen LogP) is 3.01. The Bertz CT molecular complexity index is 386. The largest absolute Gasteiger partial charge is 0.379 e. The lowest BCUT2D eigenvalue weighted by atomic mass is 9.85. The Hall–Kier alpha value is -0.710. The van der Waals surface area contributed by atoms with Crippen LogP contribution < -0.4 is 5.32 Å². The van der Waals surface area contributed by atoms with Gasteiger partial charge in [0, 0.05) is 24.3 Å². The molecule has 0 aromatic heterocycles. The van der Waals surface area contributed by atoms with E-state index in [0.717, 1.165) is 18.7 Å². The number of methoxy groups -OCH3 is 1. The van der Waals surface area contributed by atoms with Crippen molar-refractivity contribution in [1.82, 2.24) is 0 Å². The molecule has 1 saturated carbocycles. The highest BCUT2D eigenvalue weighted by Crippen LogP contribution is 2.30. The molecule has 3 atom stereocenters. The molecule has 0 spiro atoms. The molecule has 1 N–H and O–H groups in total. The molecule has 1 aromatic rings. The van der Waals surface area contributed by atoms with Gasteiger partial charge in [-0.3, -0.25) is 0 Å². The monoisotopic (exact) mass is 267 g/mol. The van der Waals surface area contributed by atoms with Crippen LogP contribution in [0.5, 0.6) is 0 Å². The summed E-state index contributed by atoms with van der Waals surface area (Å²) in [7, 11) is 1.75. The second-order valence-electron chi connectivity index (χ2n) is 4.41. The van der Waals surface area contributed by atoms with Gasteiger partial charge in [-0.15, -0.1) is 11.8 Å². The molecular weight excluding hydrogens is 246 g/mol. The maximum absolute atomic E-state index is 5.63. The Morgan fingerprint density at radius 1 is 1.44 bits per heavy atom. The summed E-state index contributed by atoms with van der Waals surface area (Å²) < 4.78 is 11.1. The van der Waals surface area contributed by atoms with Crippen molar-refractivity contribution >= 4 is 17.4 Å². The number of hydrogen-bond acceptors (Lipinski definition) is 4. The number of rotatable bonds is 6. The minimum Gasteiger partial charge on any atom is -0.379 e. The fraction of sp³-hybridized carbons (Fsp3) is 0.571. The van der Waals surface area contributed by atoms with Crippen LogP contribution in [0.4, 0.5) is 5.69 Å². The van der Waals surface area contributed by atoms with Crippen molar-refractivity contribution in [2.45, 2.75) is 36.5 Å². The van der Waals surface area contributed by atoms with Crippen LogP contribution in [0.15, 0.2) is 29.2 Å². The van der Waals surface area contributed by atoms with E-state index < -0.39 is 0 Å². The SMILES string of the molecule is CCOC1CC(Nc2cccc(SC)c2)C1OC. The first kappa shape index (κ1) is 13.7. The summed E-state index contributed by atoms with van der Waals surface area (Å²) in [4.78, 5) is 1.27. The number of benzene rings is 1. The van der Waals surface area contributed by atoms with Crippen molar-refractivity contribution in [3.63, 3.8) is 0 Å². The van der Waals surface area contributed by atoms with Crippen LogP contribution in [0, 0.1) is 0 Å². The molecule has 3 unspecified atom stereocenters. The molecule has 2 rings (SSSR count). The second kappa shape index (κ2) is 6.45. The quantitative estimate of drug-likeness (QED) is 0.803. The van der Waals surface area contributed by atoms with Crippen LogP contribution in [-0.4, -0.2) is 38.2 Å². The minimum atomic E-state index is 0.155. The number of nitrogens with one attached hydrogen (secondary N) is 1. The van der Waals surface area contributed by atoms with Crippen molar-refractivity contribution in [3.8, 4) is 0 Å². The fourth-order valence-electron chi connectivity index (χ4n) is 2.34. The molecule has 1 aromatic carbocycles. The molecular formula is C14H21NO2S. The third-order valence-corrected chi connectivity index (χ3v) is 4.05. The van der Waals surface area contributed by atoms with Gasteiger partial charge in [-0.2, -0.15) is 0 Å². The van der Waals surface area contributed by atoms with Crippen LogP contribution in [-0.2, 0) is 9.47 Å². The molecule has 1 aliphatic rings. The standard InChI is InChI=1S/C14H21NO2S/c1-4-17-13-9-12(14(13)16-2)15-10-6-5-7-11(8-10)18-3/h5-8,12-15H,4,9H2,1-3H3. The topological polar surface area (TPSA) is 30.5 Å². The van der Waals surface area contributed by atoms with Crippen molar-refractivity contribution in [1.29, 1.82) is 0 Å². The molecule has 4 heteroatoms. The van der Waals surface area contributed by atoms with Crippen LogP contribution in [0.2, 0.25) is 0 Å².